The van der Waals surface area contributed by atoms with Crippen LogP contribution in [0.4, 0.5) is 0 Å². The van der Waals surface area contributed by atoms with Crippen molar-refractivity contribution in [3.63, 3.8) is 0 Å². The first-order chi connectivity index (χ1) is 12.5. The van der Waals surface area contributed by atoms with E-state index in [9.17, 15) is 14.4 Å². The Labute approximate surface area is 152 Å². The van der Waals surface area contributed by atoms with Gasteiger partial charge in [0.2, 0.25) is 0 Å². The van der Waals surface area contributed by atoms with Crippen LogP contribution < -0.4 is 11.2 Å². The molecule has 0 radical (unpaired) electrons. The molecule has 0 bridgehead atoms. The third-order valence-electron chi connectivity index (χ3n) is 4.21. The molecule has 1 aliphatic heterocycles. The maximum absolute atomic E-state index is 12.6. The molecule has 4 rings (SSSR count). The van der Waals surface area contributed by atoms with Crippen LogP contribution in [0.5, 0.6) is 0 Å². The standard InChI is InChI=1S/C18H16N2O5S/c1-19-16-13(15(21)20(18(19)23)8-12-10-24-12)7-14(26-16)17(22)25-9-11-5-3-2-4-6-11/h2-7,12H,8-10H2,1H3. The summed E-state index contributed by atoms with van der Waals surface area (Å²) in [6.07, 6.45) is -0.0909. The number of carbonyl (C=O) groups excluding carboxylic acids is 1. The molecular weight excluding hydrogens is 356 g/mol. The molecule has 1 fully saturated rings. The third-order valence-corrected chi connectivity index (χ3v) is 5.40. The van der Waals surface area contributed by atoms with Gasteiger partial charge in [-0.15, -0.1) is 11.3 Å². The van der Waals surface area contributed by atoms with Crippen LogP contribution in [0.25, 0.3) is 10.2 Å². The molecular formula is C18H16N2O5S. The summed E-state index contributed by atoms with van der Waals surface area (Å²) in [5.74, 6) is -0.515. The highest BCUT2D eigenvalue weighted by atomic mass is 32.1. The van der Waals surface area contributed by atoms with Crippen molar-refractivity contribution in [2.75, 3.05) is 6.61 Å². The molecule has 7 nitrogen and oxygen atoms in total. The van der Waals surface area contributed by atoms with Crippen LogP contribution in [0.3, 0.4) is 0 Å². The Morgan fingerprint density at radius 2 is 2.04 bits per heavy atom. The Hall–Kier alpha value is -2.71. The second kappa shape index (κ2) is 6.54. The van der Waals surface area contributed by atoms with Crippen LogP contribution in [0, 0.1) is 0 Å². The number of carbonyl (C=O) groups is 1. The minimum Gasteiger partial charge on any atom is -0.457 e. The van der Waals surface area contributed by atoms with E-state index in [4.69, 9.17) is 9.47 Å². The molecule has 3 aromatic rings. The number of hydrogen-bond donors (Lipinski definition) is 0. The van der Waals surface area contributed by atoms with E-state index in [-0.39, 0.29) is 19.3 Å². The van der Waals surface area contributed by atoms with E-state index in [2.05, 4.69) is 0 Å². The summed E-state index contributed by atoms with van der Waals surface area (Å²) in [4.78, 5) is 38.1. The van der Waals surface area contributed by atoms with Gasteiger partial charge in [0.1, 0.15) is 16.3 Å². The maximum atomic E-state index is 12.6. The summed E-state index contributed by atoms with van der Waals surface area (Å²) in [6, 6.07) is 10.8. The van der Waals surface area contributed by atoms with Crippen molar-refractivity contribution < 1.29 is 14.3 Å². The lowest BCUT2D eigenvalue weighted by Gasteiger charge is -2.06. The topological polar surface area (TPSA) is 82.8 Å². The number of aromatic nitrogens is 2. The number of benzene rings is 1. The van der Waals surface area contributed by atoms with Gasteiger partial charge in [-0.05, 0) is 11.6 Å². The quantitative estimate of drug-likeness (QED) is 0.501. The van der Waals surface area contributed by atoms with E-state index in [1.807, 2.05) is 30.3 Å². The van der Waals surface area contributed by atoms with Crippen molar-refractivity contribution in [1.29, 1.82) is 0 Å². The number of aryl methyl sites for hydroxylation is 1. The second-order valence-electron chi connectivity index (χ2n) is 6.10. The van der Waals surface area contributed by atoms with Gasteiger partial charge in [0.25, 0.3) is 5.56 Å². The summed E-state index contributed by atoms with van der Waals surface area (Å²) in [5, 5.41) is 0.337. The molecule has 26 heavy (non-hydrogen) atoms. The van der Waals surface area contributed by atoms with Crippen molar-refractivity contribution in [3.05, 3.63) is 67.7 Å². The second-order valence-corrected chi connectivity index (χ2v) is 7.13. The van der Waals surface area contributed by atoms with Gasteiger partial charge in [-0.3, -0.25) is 13.9 Å². The molecule has 1 aliphatic rings. The number of epoxide rings is 1. The number of nitrogens with zero attached hydrogens (tertiary/aromatic N) is 2. The Bertz CT molecular complexity index is 1090. The molecule has 1 saturated heterocycles. The predicted molar refractivity (Wildman–Crippen MR) is 96.6 cm³/mol. The minimum atomic E-state index is -0.515. The number of rotatable bonds is 5. The normalized spacial score (nSPS) is 16.0. The number of fused-ring (bicyclic) bond motifs is 1. The molecule has 1 unspecified atom stereocenters. The number of esters is 1. The van der Waals surface area contributed by atoms with Gasteiger partial charge in [-0.25, -0.2) is 9.59 Å². The Balaban J connectivity index is 1.65. The number of thiophene rings is 1. The SMILES string of the molecule is Cn1c(=O)n(CC2CO2)c(=O)c2cc(C(=O)OCc3ccccc3)sc21. The van der Waals surface area contributed by atoms with Crippen LogP contribution in [0.15, 0.2) is 46.0 Å². The summed E-state index contributed by atoms with van der Waals surface area (Å²) >= 11 is 1.08. The zero-order valence-corrected chi connectivity index (χ0v) is 14.8. The van der Waals surface area contributed by atoms with E-state index in [1.165, 1.54) is 10.6 Å². The highest BCUT2D eigenvalue weighted by Crippen LogP contribution is 2.23. The summed E-state index contributed by atoms with van der Waals surface area (Å²) in [6.45, 7) is 0.926. The zero-order valence-electron chi connectivity index (χ0n) is 14.0. The van der Waals surface area contributed by atoms with Gasteiger partial charge in [-0.2, -0.15) is 0 Å². The molecule has 0 N–H and O–H groups in total. The van der Waals surface area contributed by atoms with Crippen molar-refractivity contribution in [2.24, 2.45) is 7.05 Å². The van der Waals surface area contributed by atoms with Crippen LogP contribution >= 0.6 is 11.3 Å². The average molecular weight is 372 g/mol. The Kier molecular flexibility index (Phi) is 4.21. The molecule has 0 saturated carbocycles. The van der Waals surface area contributed by atoms with Crippen LogP contribution in [-0.2, 0) is 29.7 Å². The molecule has 1 aromatic carbocycles. The van der Waals surface area contributed by atoms with Gasteiger partial charge in [-0.1, -0.05) is 30.3 Å². The first-order valence-electron chi connectivity index (χ1n) is 8.10. The highest BCUT2D eigenvalue weighted by molar-refractivity contribution is 7.20. The van der Waals surface area contributed by atoms with E-state index in [0.29, 0.717) is 21.7 Å². The molecule has 0 aliphatic carbocycles. The molecule has 8 heteroatoms. The fraction of sp³-hybridized carbons (Fsp3) is 0.278. The van der Waals surface area contributed by atoms with Gasteiger partial charge in [0.15, 0.2) is 0 Å². The highest BCUT2D eigenvalue weighted by Gasteiger charge is 2.26. The Morgan fingerprint density at radius 3 is 2.73 bits per heavy atom. The largest absolute Gasteiger partial charge is 0.457 e. The molecule has 1 atom stereocenters. The molecule has 2 aromatic heterocycles. The first kappa shape index (κ1) is 16.7. The Morgan fingerprint density at radius 1 is 1.31 bits per heavy atom. The van der Waals surface area contributed by atoms with Gasteiger partial charge in [0, 0.05) is 7.05 Å². The van der Waals surface area contributed by atoms with E-state index in [0.717, 1.165) is 21.5 Å². The lowest BCUT2D eigenvalue weighted by molar-refractivity contribution is 0.0478. The van der Waals surface area contributed by atoms with E-state index in [1.54, 1.807) is 7.05 Å². The van der Waals surface area contributed by atoms with Crippen LogP contribution in [0.1, 0.15) is 15.2 Å². The zero-order chi connectivity index (χ0) is 18.3. The molecule has 0 amide bonds. The smallest absolute Gasteiger partial charge is 0.348 e. The molecule has 0 spiro atoms. The number of ether oxygens (including phenoxy) is 2. The van der Waals surface area contributed by atoms with Crippen molar-refractivity contribution >= 4 is 27.5 Å². The van der Waals surface area contributed by atoms with Crippen molar-refractivity contribution in [2.45, 2.75) is 19.3 Å². The van der Waals surface area contributed by atoms with E-state index >= 15 is 0 Å². The molecule has 3 heterocycles. The fourth-order valence-corrected chi connectivity index (χ4v) is 3.72. The van der Waals surface area contributed by atoms with Gasteiger partial charge >= 0.3 is 11.7 Å². The average Bonchev–Trinajstić information content (AvgIpc) is 3.37. The number of hydrogen-bond acceptors (Lipinski definition) is 6. The van der Waals surface area contributed by atoms with Crippen LogP contribution in [-0.4, -0.2) is 27.8 Å². The van der Waals surface area contributed by atoms with E-state index < -0.39 is 17.2 Å². The minimum absolute atomic E-state index is 0.0909. The molecule has 134 valence electrons. The van der Waals surface area contributed by atoms with Crippen LogP contribution in [0.2, 0.25) is 0 Å². The van der Waals surface area contributed by atoms with Crippen molar-refractivity contribution in [1.82, 2.24) is 9.13 Å². The first-order valence-corrected chi connectivity index (χ1v) is 8.92. The lowest BCUT2D eigenvalue weighted by Crippen LogP contribution is -2.39. The third kappa shape index (κ3) is 3.09. The predicted octanol–water partition coefficient (Wildman–Crippen LogP) is 1.52. The fourth-order valence-electron chi connectivity index (χ4n) is 2.72. The van der Waals surface area contributed by atoms with Crippen molar-refractivity contribution in [3.8, 4) is 0 Å². The van der Waals surface area contributed by atoms with Gasteiger partial charge < -0.3 is 9.47 Å². The summed E-state index contributed by atoms with van der Waals surface area (Å²) < 4.78 is 13.0. The summed E-state index contributed by atoms with van der Waals surface area (Å²) in [7, 11) is 1.59. The lowest BCUT2D eigenvalue weighted by atomic mass is 10.2. The monoisotopic (exact) mass is 372 g/mol. The maximum Gasteiger partial charge on any atom is 0.348 e. The van der Waals surface area contributed by atoms with Gasteiger partial charge in [0.05, 0.1) is 24.6 Å². The summed E-state index contributed by atoms with van der Waals surface area (Å²) in [5.41, 5.74) is 0.0576.